The van der Waals surface area contributed by atoms with Crippen molar-refractivity contribution in [2.45, 2.75) is 0 Å². The van der Waals surface area contributed by atoms with Crippen LogP contribution in [0.3, 0.4) is 0 Å². The Morgan fingerprint density at radius 3 is 2.91 bits per heavy atom. The molecule has 6 heteroatoms. The lowest BCUT2D eigenvalue weighted by molar-refractivity contribution is -0.414. The average molecular weight is 178 g/mol. The van der Waals surface area contributed by atoms with E-state index in [9.17, 15) is 10.1 Å². The van der Waals surface area contributed by atoms with Gasteiger partial charge in [-0.1, -0.05) is 0 Å². The summed E-state index contributed by atoms with van der Waals surface area (Å²) in [6, 6.07) is 0. The molecule has 0 amide bonds. The van der Waals surface area contributed by atoms with Crippen LogP contribution in [0.5, 0.6) is 0 Å². The van der Waals surface area contributed by atoms with Gasteiger partial charge in [0.25, 0.3) is 0 Å². The summed E-state index contributed by atoms with van der Waals surface area (Å²) in [5.74, 6) is 0.400. The minimum absolute atomic E-state index is 0.343. The minimum atomic E-state index is -0.605. The molecule has 1 N–H and O–H groups in total. The van der Waals surface area contributed by atoms with Gasteiger partial charge in [-0.25, -0.2) is 0 Å². The highest BCUT2D eigenvalue weighted by Gasteiger charge is 2.23. The summed E-state index contributed by atoms with van der Waals surface area (Å²) in [6.45, 7) is 1.45. The molecule has 0 unspecified atom stereocenters. The molecule has 0 aromatic carbocycles. The maximum Gasteiger partial charge on any atom is 0.377 e. The van der Waals surface area contributed by atoms with Crippen molar-refractivity contribution < 1.29 is 4.92 Å². The summed E-state index contributed by atoms with van der Waals surface area (Å²) in [5.41, 5.74) is 0. The van der Waals surface area contributed by atoms with Crippen molar-refractivity contribution in [2.24, 2.45) is 0 Å². The number of hydrogen-bond acceptors (Lipinski definition) is 4. The molecule has 1 rings (SSSR count). The smallest absolute Gasteiger partial charge is 0.363 e. The fourth-order valence-corrected chi connectivity index (χ4v) is 1.12. The van der Waals surface area contributed by atoms with E-state index < -0.39 is 4.92 Å². The number of likely N-dealkylation sites (N-methyl/N-ethyl adjacent to an activating group) is 1. The molecule has 0 aromatic heterocycles. The Balaban J connectivity index is 2.85. The van der Waals surface area contributed by atoms with Crippen molar-refractivity contribution in [3.05, 3.63) is 21.1 Å². The summed E-state index contributed by atoms with van der Waals surface area (Å²) >= 11 is 5.39. The van der Waals surface area contributed by atoms with Crippen LogP contribution >= 0.6 is 11.6 Å². The second-order valence-corrected chi connectivity index (χ2v) is 2.60. The van der Waals surface area contributed by atoms with Crippen LogP contribution in [0.25, 0.3) is 0 Å². The molecule has 62 valence electrons. The topological polar surface area (TPSA) is 58.4 Å². The highest BCUT2D eigenvalue weighted by atomic mass is 35.5. The molecule has 0 aromatic rings. The van der Waals surface area contributed by atoms with Crippen LogP contribution in [0.4, 0.5) is 0 Å². The van der Waals surface area contributed by atoms with Crippen LogP contribution in [0.1, 0.15) is 0 Å². The van der Waals surface area contributed by atoms with E-state index in [1.165, 1.54) is 0 Å². The summed E-state index contributed by atoms with van der Waals surface area (Å²) in [7, 11) is 1.75. The SMILES string of the molecule is CN1CCN/C1=C(/Cl)[N+](=O)[O-]. The Kier molecular flexibility index (Phi) is 2.19. The molecule has 0 aliphatic carbocycles. The Hall–Kier alpha value is -0.970. The first kappa shape index (κ1) is 8.13. The molecule has 1 heterocycles. The minimum Gasteiger partial charge on any atom is -0.363 e. The summed E-state index contributed by atoms with van der Waals surface area (Å²) in [6.07, 6.45) is 0. The van der Waals surface area contributed by atoms with Gasteiger partial charge in [-0.05, 0) is 11.6 Å². The monoisotopic (exact) mass is 177 g/mol. The van der Waals surface area contributed by atoms with Crippen LogP contribution in [0.2, 0.25) is 0 Å². The molecule has 1 saturated heterocycles. The predicted molar refractivity (Wildman–Crippen MR) is 40.5 cm³/mol. The van der Waals surface area contributed by atoms with Crippen molar-refractivity contribution in [3.8, 4) is 0 Å². The fraction of sp³-hybridized carbons (Fsp3) is 0.600. The van der Waals surface area contributed by atoms with Gasteiger partial charge in [0.05, 0.1) is 4.92 Å². The molecule has 1 fully saturated rings. The highest BCUT2D eigenvalue weighted by Crippen LogP contribution is 2.13. The lowest BCUT2D eigenvalue weighted by Gasteiger charge is -2.08. The van der Waals surface area contributed by atoms with E-state index >= 15 is 0 Å². The zero-order valence-corrected chi connectivity index (χ0v) is 6.76. The van der Waals surface area contributed by atoms with Crippen molar-refractivity contribution in [3.63, 3.8) is 0 Å². The predicted octanol–water partition coefficient (Wildman–Crippen LogP) is 0.163. The molecule has 1 aliphatic heterocycles. The Bertz CT molecular complexity index is 216. The largest absolute Gasteiger partial charge is 0.377 e. The van der Waals surface area contributed by atoms with E-state index in [-0.39, 0.29) is 5.16 Å². The maximum absolute atomic E-state index is 10.2. The van der Waals surface area contributed by atoms with Crippen LogP contribution in [0.15, 0.2) is 11.0 Å². The quantitative estimate of drug-likeness (QED) is 0.352. The lowest BCUT2D eigenvalue weighted by Crippen LogP contribution is -2.17. The standard InChI is InChI=1S/C5H8ClN3O2/c1-8-3-2-7-5(8)4(6)9(10)11/h7H,2-3H2,1H3/b5-4+. The summed E-state index contributed by atoms with van der Waals surface area (Å²) in [4.78, 5) is 11.3. The zero-order valence-electron chi connectivity index (χ0n) is 6.00. The van der Waals surface area contributed by atoms with Crippen LogP contribution < -0.4 is 5.32 Å². The Morgan fingerprint density at radius 2 is 2.55 bits per heavy atom. The third-order valence-electron chi connectivity index (χ3n) is 1.48. The van der Waals surface area contributed by atoms with Gasteiger partial charge in [-0.3, -0.25) is 10.1 Å². The van der Waals surface area contributed by atoms with Gasteiger partial charge in [0.15, 0.2) is 5.82 Å². The van der Waals surface area contributed by atoms with Crippen LogP contribution in [0, 0.1) is 10.1 Å². The number of rotatable bonds is 1. The molecule has 5 nitrogen and oxygen atoms in total. The molecular weight excluding hydrogens is 170 g/mol. The first-order chi connectivity index (χ1) is 5.13. The number of nitrogens with zero attached hydrogens (tertiary/aromatic N) is 2. The molecule has 11 heavy (non-hydrogen) atoms. The number of hydrogen-bond donors (Lipinski definition) is 1. The van der Waals surface area contributed by atoms with Crippen molar-refractivity contribution in [1.29, 1.82) is 0 Å². The third-order valence-corrected chi connectivity index (χ3v) is 1.79. The normalized spacial score (nSPS) is 21.5. The van der Waals surface area contributed by atoms with E-state index in [2.05, 4.69) is 5.32 Å². The average Bonchev–Trinajstić information content (AvgIpc) is 2.33. The molecular formula is C5H8ClN3O2. The number of halogens is 1. The van der Waals surface area contributed by atoms with Crippen LogP contribution in [-0.4, -0.2) is 30.0 Å². The van der Waals surface area contributed by atoms with Crippen LogP contribution in [-0.2, 0) is 0 Å². The molecule has 0 saturated carbocycles. The van der Waals surface area contributed by atoms with E-state index in [0.29, 0.717) is 12.4 Å². The summed E-state index contributed by atoms with van der Waals surface area (Å²) in [5, 5.41) is 12.7. The van der Waals surface area contributed by atoms with Gasteiger partial charge in [0.1, 0.15) is 0 Å². The molecule has 0 atom stereocenters. The Labute approximate surface area is 68.8 Å². The fourth-order valence-electron chi connectivity index (χ4n) is 0.906. The van der Waals surface area contributed by atoms with Crippen molar-refractivity contribution in [2.75, 3.05) is 20.1 Å². The lowest BCUT2D eigenvalue weighted by atomic mass is 10.6. The first-order valence-corrected chi connectivity index (χ1v) is 3.50. The number of nitro groups is 1. The van der Waals surface area contributed by atoms with Gasteiger partial charge >= 0.3 is 5.16 Å². The third kappa shape index (κ3) is 1.54. The second kappa shape index (κ2) is 2.96. The van der Waals surface area contributed by atoms with Gasteiger partial charge in [-0.2, -0.15) is 0 Å². The first-order valence-electron chi connectivity index (χ1n) is 3.12. The van der Waals surface area contributed by atoms with Gasteiger partial charge in [0.2, 0.25) is 0 Å². The molecule has 0 radical (unpaired) electrons. The van der Waals surface area contributed by atoms with E-state index in [1.54, 1.807) is 11.9 Å². The van der Waals surface area contributed by atoms with Gasteiger partial charge < -0.3 is 10.2 Å². The molecule has 0 bridgehead atoms. The molecule has 1 aliphatic rings. The van der Waals surface area contributed by atoms with Crippen molar-refractivity contribution >= 4 is 11.6 Å². The van der Waals surface area contributed by atoms with E-state index in [4.69, 9.17) is 11.6 Å². The zero-order chi connectivity index (χ0) is 8.43. The van der Waals surface area contributed by atoms with E-state index in [0.717, 1.165) is 6.54 Å². The summed E-state index contributed by atoms with van der Waals surface area (Å²) < 4.78 is 0. The molecule has 0 spiro atoms. The van der Waals surface area contributed by atoms with E-state index in [1.807, 2.05) is 0 Å². The Morgan fingerprint density at radius 1 is 1.91 bits per heavy atom. The van der Waals surface area contributed by atoms with Gasteiger partial charge in [0, 0.05) is 20.1 Å². The number of nitrogens with one attached hydrogen (secondary N) is 1. The maximum atomic E-state index is 10.2. The highest BCUT2D eigenvalue weighted by molar-refractivity contribution is 6.28. The van der Waals surface area contributed by atoms with Crippen molar-refractivity contribution in [1.82, 2.24) is 10.2 Å². The van der Waals surface area contributed by atoms with Gasteiger partial charge in [-0.15, -0.1) is 0 Å². The second-order valence-electron chi connectivity index (χ2n) is 2.24.